The summed E-state index contributed by atoms with van der Waals surface area (Å²) in [6.07, 6.45) is 1.78. The van der Waals surface area contributed by atoms with Crippen molar-refractivity contribution in [1.82, 2.24) is 9.97 Å². The van der Waals surface area contributed by atoms with Crippen LogP contribution >= 0.6 is 11.6 Å². The van der Waals surface area contributed by atoms with E-state index in [4.69, 9.17) is 11.6 Å². The number of aryl methyl sites for hydroxylation is 1. The van der Waals surface area contributed by atoms with E-state index in [1.165, 1.54) is 5.56 Å². The molecule has 0 radical (unpaired) electrons. The van der Waals surface area contributed by atoms with Crippen LogP contribution in [0.5, 0.6) is 0 Å². The molecule has 0 saturated heterocycles. The zero-order valence-electron chi connectivity index (χ0n) is 14.4. The molecule has 128 valence electrons. The van der Waals surface area contributed by atoms with Gasteiger partial charge in [-0.25, -0.2) is 4.98 Å². The third-order valence-corrected chi connectivity index (χ3v) is 4.24. The van der Waals surface area contributed by atoms with E-state index in [0.29, 0.717) is 11.0 Å². The fourth-order valence-electron chi connectivity index (χ4n) is 2.59. The van der Waals surface area contributed by atoms with Gasteiger partial charge < -0.3 is 10.2 Å². The van der Waals surface area contributed by atoms with E-state index in [0.717, 1.165) is 30.2 Å². The van der Waals surface area contributed by atoms with Crippen LogP contribution in [-0.4, -0.2) is 16.5 Å². The van der Waals surface area contributed by atoms with Crippen LogP contribution in [0, 0.1) is 6.92 Å². The van der Waals surface area contributed by atoms with Gasteiger partial charge in [0.15, 0.2) is 0 Å². The zero-order valence-corrected chi connectivity index (χ0v) is 15.2. The van der Waals surface area contributed by atoms with Crippen LogP contribution in [-0.2, 0) is 6.54 Å². The summed E-state index contributed by atoms with van der Waals surface area (Å²) in [6, 6.07) is 18.0. The molecule has 0 bridgehead atoms. The molecular weight excluding hydrogens is 332 g/mol. The highest BCUT2D eigenvalue weighted by Gasteiger charge is 2.09. The van der Waals surface area contributed by atoms with Gasteiger partial charge in [0.1, 0.15) is 5.82 Å². The van der Waals surface area contributed by atoms with Gasteiger partial charge in [-0.05, 0) is 43.2 Å². The highest BCUT2D eigenvalue weighted by Crippen LogP contribution is 2.23. The molecule has 3 rings (SSSR count). The summed E-state index contributed by atoms with van der Waals surface area (Å²) < 4.78 is 0. The third kappa shape index (κ3) is 4.48. The van der Waals surface area contributed by atoms with Crippen molar-refractivity contribution in [2.45, 2.75) is 20.4 Å². The minimum Gasteiger partial charge on any atom is -0.352 e. The van der Waals surface area contributed by atoms with Crippen LogP contribution in [0.3, 0.4) is 0 Å². The van der Waals surface area contributed by atoms with Gasteiger partial charge in [-0.15, -0.1) is 0 Å². The summed E-state index contributed by atoms with van der Waals surface area (Å²) in [6.45, 7) is 5.82. The Kier molecular flexibility index (Phi) is 5.51. The number of hydrogen-bond donors (Lipinski definition) is 1. The van der Waals surface area contributed by atoms with Gasteiger partial charge in [-0.2, -0.15) is 4.98 Å². The van der Waals surface area contributed by atoms with Gasteiger partial charge in [0.25, 0.3) is 0 Å². The third-order valence-electron chi connectivity index (χ3n) is 4.01. The minimum atomic E-state index is 0.564. The summed E-state index contributed by atoms with van der Waals surface area (Å²) >= 11 is 6.09. The molecular formula is C20H21ClN4. The molecule has 0 fully saturated rings. The lowest BCUT2D eigenvalue weighted by Crippen LogP contribution is -2.23. The molecule has 4 nitrogen and oxygen atoms in total. The second kappa shape index (κ2) is 7.99. The molecule has 1 aromatic heterocycles. The lowest BCUT2D eigenvalue weighted by atomic mass is 10.2. The van der Waals surface area contributed by atoms with E-state index in [9.17, 15) is 0 Å². The van der Waals surface area contributed by atoms with Gasteiger partial charge in [0.2, 0.25) is 5.95 Å². The summed E-state index contributed by atoms with van der Waals surface area (Å²) in [5.41, 5.74) is 3.26. The second-order valence-corrected chi connectivity index (χ2v) is 6.26. The topological polar surface area (TPSA) is 41.1 Å². The predicted octanol–water partition coefficient (Wildman–Crippen LogP) is 5.21. The highest BCUT2D eigenvalue weighted by atomic mass is 35.5. The molecule has 0 aliphatic carbocycles. The van der Waals surface area contributed by atoms with Crippen LogP contribution in [0.25, 0.3) is 0 Å². The number of nitrogens with one attached hydrogen (secondary N) is 1. The number of anilines is 3. The van der Waals surface area contributed by atoms with E-state index >= 15 is 0 Å². The Morgan fingerprint density at radius 1 is 1.08 bits per heavy atom. The number of hydrogen-bond acceptors (Lipinski definition) is 4. The molecule has 0 unspecified atom stereocenters. The molecule has 0 spiro atoms. The summed E-state index contributed by atoms with van der Waals surface area (Å²) in [7, 11) is 0. The maximum Gasteiger partial charge on any atom is 0.229 e. The summed E-state index contributed by atoms with van der Waals surface area (Å²) in [4.78, 5) is 11.2. The van der Waals surface area contributed by atoms with Gasteiger partial charge in [0.05, 0.1) is 0 Å². The molecule has 25 heavy (non-hydrogen) atoms. The van der Waals surface area contributed by atoms with E-state index < -0.39 is 0 Å². The Morgan fingerprint density at radius 3 is 2.64 bits per heavy atom. The maximum absolute atomic E-state index is 6.09. The molecule has 0 aliphatic heterocycles. The predicted molar refractivity (Wildman–Crippen MR) is 105 cm³/mol. The van der Waals surface area contributed by atoms with E-state index in [1.54, 1.807) is 6.20 Å². The Hall–Kier alpha value is -2.59. The van der Waals surface area contributed by atoms with Crippen LogP contribution in [0.2, 0.25) is 5.02 Å². The van der Waals surface area contributed by atoms with Crippen molar-refractivity contribution in [3.8, 4) is 0 Å². The quantitative estimate of drug-likeness (QED) is 0.661. The molecule has 1 heterocycles. The van der Waals surface area contributed by atoms with Gasteiger partial charge in [-0.1, -0.05) is 48.0 Å². The van der Waals surface area contributed by atoms with E-state index in [-0.39, 0.29) is 0 Å². The largest absolute Gasteiger partial charge is 0.352 e. The average molecular weight is 353 g/mol. The summed E-state index contributed by atoms with van der Waals surface area (Å²) in [5.74, 6) is 1.46. The Labute approximate surface area is 153 Å². The highest BCUT2D eigenvalue weighted by molar-refractivity contribution is 6.30. The van der Waals surface area contributed by atoms with Crippen molar-refractivity contribution in [1.29, 1.82) is 0 Å². The number of halogens is 1. The van der Waals surface area contributed by atoms with E-state index in [1.807, 2.05) is 37.3 Å². The first-order chi connectivity index (χ1) is 12.2. The van der Waals surface area contributed by atoms with Crippen molar-refractivity contribution >= 4 is 29.1 Å². The minimum absolute atomic E-state index is 0.564. The normalized spacial score (nSPS) is 10.5. The van der Waals surface area contributed by atoms with E-state index in [2.05, 4.69) is 51.4 Å². The standard InChI is InChI=1S/C20H21ClN4/c1-3-25(14-16-7-5-4-6-8-16)19-11-12-22-20(24-19)23-18-13-17(21)10-9-15(18)2/h4-13H,3,14H2,1-2H3,(H,22,23,24). The van der Waals surface area contributed by atoms with Gasteiger partial charge in [0, 0.05) is 30.0 Å². The molecule has 0 aliphatic rings. The molecule has 3 aromatic rings. The maximum atomic E-state index is 6.09. The van der Waals surface area contributed by atoms with Gasteiger partial charge in [-0.3, -0.25) is 0 Å². The first kappa shape index (κ1) is 17.2. The number of nitrogens with zero attached hydrogens (tertiary/aromatic N) is 3. The van der Waals surface area contributed by atoms with Crippen LogP contribution in [0.1, 0.15) is 18.1 Å². The molecule has 5 heteroatoms. The molecule has 1 N–H and O–H groups in total. The SMILES string of the molecule is CCN(Cc1ccccc1)c1ccnc(Nc2cc(Cl)ccc2C)n1. The number of aromatic nitrogens is 2. The first-order valence-electron chi connectivity index (χ1n) is 8.31. The fourth-order valence-corrected chi connectivity index (χ4v) is 2.77. The number of rotatable bonds is 6. The Bertz CT molecular complexity index is 836. The lowest BCUT2D eigenvalue weighted by Gasteiger charge is -2.22. The Balaban J connectivity index is 1.81. The van der Waals surface area contributed by atoms with Crippen LogP contribution < -0.4 is 10.2 Å². The van der Waals surface area contributed by atoms with Crippen molar-refractivity contribution in [2.75, 3.05) is 16.8 Å². The molecule has 0 atom stereocenters. The first-order valence-corrected chi connectivity index (χ1v) is 8.68. The smallest absolute Gasteiger partial charge is 0.229 e. The molecule has 2 aromatic carbocycles. The lowest BCUT2D eigenvalue weighted by molar-refractivity contribution is 0.811. The molecule has 0 amide bonds. The fraction of sp³-hybridized carbons (Fsp3) is 0.200. The Morgan fingerprint density at radius 2 is 1.88 bits per heavy atom. The second-order valence-electron chi connectivity index (χ2n) is 5.82. The summed E-state index contributed by atoms with van der Waals surface area (Å²) in [5, 5.41) is 3.95. The van der Waals surface area contributed by atoms with Crippen molar-refractivity contribution in [3.05, 3.63) is 76.9 Å². The van der Waals surface area contributed by atoms with Crippen molar-refractivity contribution in [2.24, 2.45) is 0 Å². The van der Waals surface area contributed by atoms with Crippen LogP contribution in [0.15, 0.2) is 60.8 Å². The monoisotopic (exact) mass is 352 g/mol. The average Bonchev–Trinajstić information content (AvgIpc) is 2.64. The zero-order chi connectivity index (χ0) is 17.6. The van der Waals surface area contributed by atoms with Crippen molar-refractivity contribution < 1.29 is 0 Å². The number of benzene rings is 2. The van der Waals surface area contributed by atoms with Crippen LogP contribution in [0.4, 0.5) is 17.5 Å². The van der Waals surface area contributed by atoms with Crippen molar-refractivity contribution in [3.63, 3.8) is 0 Å². The van der Waals surface area contributed by atoms with Gasteiger partial charge >= 0.3 is 0 Å². The molecule has 0 saturated carbocycles.